The van der Waals surface area contributed by atoms with Gasteiger partial charge in [-0.25, -0.2) is 0 Å². The monoisotopic (exact) mass is 277 g/mol. The third-order valence-electron chi connectivity index (χ3n) is 4.02. The molecule has 0 amide bonds. The van der Waals surface area contributed by atoms with Crippen molar-refractivity contribution in [3.63, 3.8) is 0 Å². The van der Waals surface area contributed by atoms with Gasteiger partial charge in [0.15, 0.2) is 0 Å². The molecule has 4 nitrogen and oxygen atoms in total. The number of aliphatic hydroxyl groups excluding tert-OH is 1. The van der Waals surface area contributed by atoms with Crippen molar-refractivity contribution in [3.8, 4) is 0 Å². The van der Waals surface area contributed by atoms with Crippen molar-refractivity contribution in [1.29, 1.82) is 0 Å². The average molecular weight is 277 g/mol. The molecule has 0 aromatic heterocycles. The quantitative estimate of drug-likeness (QED) is 0.849. The minimum atomic E-state index is -0.208. The van der Waals surface area contributed by atoms with Crippen LogP contribution in [0.2, 0.25) is 0 Å². The molecule has 110 valence electrons. The first-order valence-corrected chi connectivity index (χ1v) is 7.14. The van der Waals surface area contributed by atoms with Gasteiger partial charge in [0.25, 0.3) is 0 Å². The van der Waals surface area contributed by atoms with Crippen molar-refractivity contribution in [2.24, 2.45) is 5.92 Å². The van der Waals surface area contributed by atoms with E-state index in [4.69, 9.17) is 4.74 Å². The molecule has 1 saturated heterocycles. The average Bonchev–Trinajstić information content (AvgIpc) is 2.45. The van der Waals surface area contributed by atoms with Crippen LogP contribution in [0, 0.1) is 5.92 Å². The maximum Gasteiger partial charge on any atom is 0.309 e. The number of hydrogen-bond donors (Lipinski definition) is 1. The Labute approximate surface area is 120 Å². The van der Waals surface area contributed by atoms with E-state index in [9.17, 15) is 9.90 Å². The molecule has 0 spiro atoms. The lowest BCUT2D eigenvalue weighted by atomic mass is 9.95. The summed E-state index contributed by atoms with van der Waals surface area (Å²) in [5.74, 6) is 0.0939. The molecule has 1 N–H and O–H groups in total. The third-order valence-corrected chi connectivity index (χ3v) is 4.02. The van der Waals surface area contributed by atoms with Crippen molar-refractivity contribution in [3.05, 3.63) is 35.4 Å². The molecule has 2 unspecified atom stereocenters. The Bertz CT molecular complexity index is 461. The fourth-order valence-electron chi connectivity index (χ4n) is 2.72. The topological polar surface area (TPSA) is 49.8 Å². The van der Waals surface area contributed by atoms with E-state index in [-0.39, 0.29) is 12.1 Å². The molecule has 1 aliphatic rings. The van der Waals surface area contributed by atoms with E-state index in [1.54, 1.807) is 0 Å². The zero-order chi connectivity index (χ0) is 14.5. The lowest BCUT2D eigenvalue weighted by Gasteiger charge is -2.34. The molecule has 2 atom stereocenters. The van der Waals surface area contributed by atoms with E-state index in [0.29, 0.717) is 12.3 Å². The number of methoxy groups -OCH3 is 1. The van der Waals surface area contributed by atoms with Gasteiger partial charge in [-0.05, 0) is 23.5 Å². The molecule has 0 bridgehead atoms. The maximum absolute atomic E-state index is 11.5. The van der Waals surface area contributed by atoms with Gasteiger partial charge in [0.2, 0.25) is 0 Å². The summed E-state index contributed by atoms with van der Waals surface area (Å²) in [6, 6.07) is 7.99. The summed E-state index contributed by atoms with van der Waals surface area (Å²) in [5, 5.41) is 9.78. The van der Waals surface area contributed by atoms with Gasteiger partial charge in [-0.1, -0.05) is 31.2 Å². The Balaban J connectivity index is 2.03. The number of nitrogens with zero attached hydrogens (tertiary/aromatic N) is 1. The first-order valence-electron chi connectivity index (χ1n) is 7.14. The van der Waals surface area contributed by atoms with Crippen LogP contribution in [0.3, 0.4) is 0 Å². The molecular weight excluding hydrogens is 254 g/mol. The van der Waals surface area contributed by atoms with Crippen molar-refractivity contribution in [2.45, 2.75) is 32.4 Å². The number of esters is 1. The van der Waals surface area contributed by atoms with Gasteiger partial charge in [-0.3, -0.25) is 9.69 Å². The highest BCUT2D eigenvalue weighted by atomic mass is 16.5. The predicted octanol–water partition coefficient (Wildman–Crippen LogP) is 1.60. The number of carbonyl (C=O) groups is 1. The molecule has 1 fully saturated rings. The molecule has 4 heteroatoms. The van der Waals surface area contributed by atoms with Crippen LogP contribution in [-0.4, -0.2) is 42.3 Å². The van der Waals surface area contributed by atoms with Gasteiger partial charge in [0.05, 0.1) is 19.6 Å². The van der Waals surface area contributed by atoms with E-state index >= 15 is 0 Å². The molecule has 0 aliphatic carbocycles. The molecule has 20 heavy (non-hydrogen) atoms. The molecule has 1 aromatic rings. The molecule has 1 aliphatic heterocycles. The van der Waals surface area contributed by atoms with Crippen molar-refractivity contribution in [1.82, 2.24) is 4.90 Å². The second-order valence-corrected chi connectivity index (χ2v) is 5.59. The van der Waals surface area contributed by atoms with E-state index in [0.717, 1.165) is 31.6 Å². The van der Waals surface area contributed by atoms with Gasteiger partial charge in [-0.15, -0.1) is 0 Å². The number of hydrogen-bond acceptors (Lipinski definition) is 4. The Morgan fingerprint density at radius 1 is 1.40 bits per heavy atom. The van der Waals surface area contributed by atoms with Crippen LogP contribution in [-0.2, 0) is 22.5 Å². The molecule has 1 heterocycles. The first kappa shape index (κ1) is 15.0. The lowest BCUT2D eigenvalue weighted by molar-refractivity contribution is -0.139. The third kappa shape index (κ3) is 3.81. The number of aliphatic hydroxyl groups is 1. The van der Waals surface area contributed by atoms with Gasteiger partial charge in [0, 0.05) is 19.6 Å². The highest BCUT2D eigenvalue weighted by molar-refractivity contribution is 5.72. The Morgan fingerprint density at radius 2 is 2.10 bits per heavy atom. The van der Waals surface area contributed by atoms with Gasteiger partial charge in [-0.2, -0.15) is 0 Å². The fraction of sp³-hybridized carbons (Fsp3) is 0.562. The van der Waals surface area contributed by atoms with Crippen LogP contribution < -0.4 is 0 Å². The van der Waals surface area contributed by atoms with Crippen LogP contribution >= 0.6 is 0 Å². The second-order valence-electron chi connectivity index (χ2n) is 5.59. The van der Waals surface area contributed by atoms with Gasteiger partial charge in [0.1, 0.15) is 0 Å². The highest BCUT2D eigenvalue weighted by Crippen LogP contribution is 2.20. The lowest BCUT2D eigenvalue weighted by Crippen LogP contribution is -2.41. The summed E-state index contributed by atoms with van der Waals surface area (Å²) in [6.07, 6.45) is 0.954. The SMILES string of the molecule is COC(=O)Cc1ccccc1CN1CCC(O)C(C)C1. The number of benzene rings is 1. The Kier molecular flexibility index (Phi) is 5.15. The minimum Gasteiger partial charge on any atom is -0.469 e. The molecule has 0 radical (unpaired) electrons. The first-order chi connectivity index (χ1) is 9.60. The van der Waals surface area contributed by atoms with Crippen LogP contribution in [0.1, 0.15) is 24.5 Å². The van der Waals surface area contributed by atoms with Crippen LogP contribution in [0.15, 0.2) is 24.3 Å². The van der Waals surface area contributed by atoms with Crippen molar-refractivity contribution >= 4 is 5.97 Å². The standard InChI is InChI=1S/C16H23NO3/c1-12-10-17(8-7-15(12)18)11-14-6-4-3-5-13(14)9-16(19)20-2/h3-6,12,15,18H,7-11H2,1-2H3. The Morgan fingerprint density at radius 3 is 2.75 bits per heavy atom. The van der Waals surface area contributed by atoms with Crippen LogP contribution in [0.25, 0.3) is 0 Å². The number of piperidine rings is 1. The largest absolute Gasteiger partial charge is 0.469 e. The number of ether oxygens (including phenoxy) is 1. The normalized spacial score (nSPS) is 23.6. The number of likely N-dealkylation sites (tertiary alicyclic amines) is 1. The molecule has 1 aromatic carbocycles. The minimum absolute atomic E-state index is 0.184. The zero-order valence-corrected chi connectivity index (χ0v) is 12.2. The van der Waals surface area contributed by atoms with E-state index in [1.807, 2.05) is 18.2 Å². The molecule has 2 rings (SSSR count). The Hall–Kier alpha value is -1.39. The van der Waals surface area contributed by atoms with Gasteiger partial charge >= 0.3 is 5.97 Å². The summed E-state index contributed by atoms with van der Waals surface area (Å²) in [7, 11) is 1.42. The number of carbonyl (C=O) groups excluding carboxylic acids is 1. The summed E-state index contributed by atoms with van der Waals surface area (Å²) in [5.41, 5.74) is 2.19. The van der Waals surface area contributed by atoms with Crippen molar-refractivity contribution in [2.75, 3.05) is 20.2 Å². The second kappa shape index (κ2) is 6.86. The van der Waals surface area contributed by atoms with Crippen LogP contribution in [0.5, 0.6) is 0 Å². The molecule has 0 saturated carbocycles. The highest BCUT2D eigenvalue weighted by Gasteiger charge is 2.24. The van der Waals surface area contributed by atoms with Crippen molar-refractivity contribution < 1.29 is 14.6 Å². The van der Waals surface area contributed by atoms with E-state index in [2.05, 4.69) is 17.9 Å². The summed E-state index contributed by atoms with van der Waals surface area (Å²) >= 11 is 0. The predicted molar refractivity (Wildman–Crippen MR) is 77.2 cm³/mol. The van der Waals surface area contributed by atoms with E-state index < -0.39 is 0 Å². The van der Waals surface area contributed by atoms with Gasteiger partial charge < -0.3 is 9.84 Å². The zero-order valence-electron chi connectivity index (χ0n) is 12.2. The maximum atomic E-state index is 11.5. The summed E-state index contributed by atoms with van der Waals surface area (Å²) < 4.78 is 4.74. The number of rotatable bonds is 4. The summed E-state index contributed by atoms with van der Waals surface area (Å²) in [6.45, 7) is 4.70. The van der Waals surface area contributed by atoms with E-state index in [1.165, 1.54) is 12.7 Å². The smallest absolute Gasteiger partial charge is 0.309 e. The molecular formula is C16H23NO3. The summed E-state index contributed by atoms with van der Waals surface area (Å²) in [4.78, 5) is 13.8. The van der Waals surface area contributed by atoms with Crippen LogP contribution in [0.4, 0.5) is 0 Å². The fourth-order valence-corrected chi connectivity index (χ4v) is 2.72.